The SMILES string of the molecule is FC1CNCC1Nc1cccc(-c2cnc3cc(OCC(F)(F)F)c(C4CC4)cn23)n1. The average Bonchev–Trinajstić information content (AvgIpc) is 3.38. The third kappa shape index (κ3) is 4.30. The van der Waals surface area contributed by atoms with Gasteiger partial charge in [-0.05, 0) is 30.9 Å². The highest BCUT2D eigenvalue weighted by molar-refractivity contribution is 5.64. The fraction of sp³-hybridized carbons (Fsp3) is 0.429. The van der Waals surface area contributed by atoms with Crippen LogP contribution in [0.2, 0.25) is 0 Å². The zero-order chi connectivity index (χ0) is 21.6. The van der Waals surface area contributed by atoms with E-state index in [1.165, 1.54) is 0 Å². The summed E-state index contributed by atoms with van der Waals surface area (Å²) in [6, 6.07) is 6.61. The van der Waals surface area contributed by atoms with Crippen molar-refractivity contribution in [2.75, 3.05) is 25.0 Å². The minimum atomic E-state index is -4.40. The van der Waals surface area contributed by atoms with Crippen molar-refractivity contribution >= 4 is 11.5 Å². The number of alkyl halides is 4. The van der Waals surface area contributed by atoms with Crippen molar-refractivity contribution in [2.45, 2.75) is 37.1 Å². The second kappa shape index (κ2) is 7.67. The molecular formula is C21H21F4N5O. The molecule has 0 spiro atoms. The van der Waals surface area contributed by atoms with Crippen molar-refractivity contribution in [1.29, 1.82) is 0 Å². The number of fused-ring (bicyclic) bond motifs is 1. The molecule has 1 saturated carbocycles. The van der Waals surface area contributed by atoms with Gasteiger partial charge in [-0.1, -0.05) is 6.07 Å². The van der Waals surface area contributed by atoms with Crippen molar-refractivity contribution in [3.63, 3.8) is 0 Å². The lowest BCUT2D eigenvalue weighted by Gasteiger charge is -2.16. The normalized spacial score (nSPS) is 21.5. The summed E-state index contributed by atoms with van der Waals surface area (Å²) in [5.41, 5.74) is 2.54. The van der Waals surface area contributed by atoms with Crippen LogP contribution in [0.4, 0.5) is 23.4 Å². The van der Waals surface area contributed by atoms with E-state index >= 15 is 0 Å². The van der Waals surface area contributed by atoms with Gasteiger partial charge in [0, 0.05) is 30.9 Å². The first-order chi connectivity index (χ1) is 14.9. The molecule has 5 rings (SSSR count). The van der Waals surface area contributed by atoms with E-state index in [0.29, 0.717) is 35.9 Å². The summed E-state index contributed by atoms with van der Waals surface area (Å²) in [6.07, 6.45) is -0.150. The molecule has 3 aromatic heterocycles. The van der Waals surface area contributed by atoms with Crippen LogP contribution in [0.15, 0.2) is 36.7 Å². The summed E-state index contributed by atoms with van der Waals surface area (Å²) in [4.78, 5) is 8.94. The number of pyridine rings is 2. The molecule has 1 aliphatic carbocycles. The first-order valence-corrected chi connectivity index (χ1v) is 10.2. The number of anilines is 1. The van der Waals surface area contributed by atoms with Gasteiger partial charge in [0.15, 0.2) is 6.61 Å². The van der Waals surface area contributed by atoms with Crippen LogP contribution in [0, 0.1) is 0 Å². The Bertz CT molecular complexity index is 1100. The molecule has 1 saturated heterocycles. The van der Waals surface area contributed by atoms with Gasteiger partial charge in [-0.3, -0.25) is 4.40 Å². The number of halogens is 4. The average molecular weight is 435 g/mol. The maximum Gasteiger partial charge on any atom is 0.422 e. The summed E-state index contributed by atoms with van der Waals surface area (Å²) < 4.78 is 58.8. The van der Waals surface area contributed by atoms with Gasteiger partial charge in [0.2, 0.25) is 0 Å². The molecule has 3 aromatic rings. The second-order valence-corrected chi connectivity index (χ2v) is 7.98. The molecule has 2 unspecified atom stereocenters. The molecule has 2 aliphatic rings. The Morgan fingerprint density at radius 3 is 2.77 bits per heavy atom. The van der Waals surface area contributed by atoms with Crippen molar-refractivity contribution in [3.05, 3.63) is 42.2 Å². The Morgan fingerprint density at radius 2 is 2.06 bits per heavy atom. The van der Waals surface area contributed by atoms with E-state index in [9.17, 15) is 17.6 Å². The molecule has 164 valence electrons. The van der Waals surface area contributed by atoms with E-state index in [0.717, 1.165) is 18.4 Å². The van der Waals surface area contributed by atoms with Gasteiger partial charge in [0.05, 0.1) is 23.6 Å². The zero-order valence-electron chi connectivity index (χ0n) is 16.5. The Morgan fingerprint density at radius 1 is 1.23 bits per heavy atom. The monoisotopic (exact) mass is 435 g/mol. The third-order valence-corrected chi connectivity index (χ3v) is 5.53. The van der Waals surface area contributed by atoms with E-state index in [2.05, 4.69) is 20.6 Å². The number of nitrogens with one attached hydrogen (secondary N) is 2. The number of aromatic nitrogens is 3. The number of rotatable bonds is 6. The topological polar surface area (TPSA) is 63.5 Å². The summed E-state index contributed by atoms with van der Waals surface area (Å²) in [6.45, 7) is -0.501. The highest BCUT2D eigenvalue weighted by Gasteiger charge is 2.32. The standard InChI is InChI=1S/C21H21F4N5O/c22-14-7-26-8-16(14)29-19-3-1-2-15(28-19)17-9-27-20-6-18(31-11-21(23,24)25)13(10-30(17)20)12-4-5-12/h1-3,6,9-10,12,14,16,26H,4-5,7-8,11H2,(H,28,29). The molecule has 1 aliphatic heterocycles. The zero-order valence-corrected chi connectivity index (χ0v) is 16.5. The van der Waals surface area contributed by atoms with Crippen LogP contribution in [-0.4, -0.2) is 52.5 Å². The van der Waals surface area contributed by atoms with E-state index in [-0.39, 0.29) is 17.7 Å². The molecule has 6 nitrogen and oxygen atoms in total. The maximum atomic E-state index is 13.9. The number of hydrogen-bond donors (Lipinski definition) is 2. The highest BCUT2D eigenvalue weighted by atomic mass is 19.4. The Hall–Kier alpha value is -2.88. The van der Waals surface area contributed by atoms with Crippen LogP contribution in [0.3, 0.4) is 0 Å². The lowest BCUT2D eigenvalue weighted by molar-refractivity contribution is -0.153. The lowest BCUT2D eigenvalue weighted by atomic mass is 10.1. The van der Waals surface area contributed by atoms with Crippen molar-refractivity contribution in [2.24, 2.45) is 0 Å². The predicted molar refractivity (Wildman–Crippen MR) is 107 cm³/mol. The van der Waals surface area contributed by atoms with E-state index < -0.39 is 19.0 Å². The molecule has 2 N–H and O–H groups in total. The molecule has 31 heavy (non-hydrogen) atoms. The first kappa shape index (κ1) is 20.0. The Labute approximate surface area is 175 Å². The molecule has 4 heterocycles. The smallest absolute Gasteiger partial charge is 0.422 e. The maximum absolute atomic E-state index is 13.9. The molecule has 2 fully saturated rings. The van der Waals surface area contributed by atoms with Gasteiger partial charge in [0.25, 0.3) is 0 Å². The summed E-state index contributed by atoms with van der Waals surface area (Å²) in [7, 11) is 0. The summed E-state index contributed by atoms with van der Waals surface area (Å²) in [5.74, 6) is 0.951. The molecule has 2 atom stereocenters. The lowest BCUT2D eigenvalue weighted by Crippen LogP contribution is -2.29. The minimum Gasteiger partial charge on any atom is -0.484 e. The predicted octanol–water partition coefficient (Wildman–Crippen LogP) is 3.94. The first-order valence-electron chi connectivity index (χ1n) is 10.2. The Balaban J connectivity index is 1.47. The summed E-state index contributed by atoms with van der Waals surface area (Å²) in [5, 5.41) is 6.11. The van der Waals surface area contributed by atoms with Crippen LogP contribution in [0.1, 0.15) is 24.3 Å². The van der Waals surface area contributed by atoms with E-state index in [1.807, 2.05) is 16.5 Å². The number of ether oxygens (including phenoxy) is 1. The van der Waals surface area contributed by atoms with Gasteiger partial charge in [-0.15, -0.1) is 0 Å². The third-order valence-electron chi connectivity index (χ3n) is 5.53. The molecule has 0 radical (unpaired) electrons. The number of nitrogens with zero attached hydrogens (tertiary/aromatic N) is 3. The van der Waals surface area contributed by atoms with Crippen molar-refractivity contribution in [1.82, 2.24) is 19.7 Å². The quantitative estimate of drug-likeness (QED) is 0.575. The fourth-order valence-corrected chi connectivity index (χ4v) is 3.83. The van der Waals surface area contributed by atoms with Gasteiger partial charge in [0.1, 0.15) is 23.4 Å². The van der Waals surface area contributed by atoms with Crippen LogP contribution in [0.5, 0.6) is 5.75 Å². The number of hydrogen-bond acceptors (Lipinski definition) is 5. The second-order valence-electron chi connectivity index (χ2n) is 7.98. The van der Waals surface area contributed by atoms with Crippen molar-refractivity contribution < 1.29 is 22.3 Å². The molecule has 0 bridgehead atoms. The van der Waals surface area contributed by atoms with Gasteiger partial charge >= 0.3 is 6.18 Å². The fourth-order valence-electron chi connectivity index (χ4n) is 3.83. The van der Waals surface area contributed by atoms with Gasteiger partial charge in [-0.25, -0.2) is 14.4 Å². The van der Waals surface area contributed by atoms with Gasteiger partial charge in [-0.2, -0.15) is 13.2 Å². The largest absolute Gasteiger partial charge is 0.484 e. The van der Waals surface area contributed by atoms with Crippen molar-refractivity contribution in [3.8, 4) is 17.1 Å². The Kier molecular flexibility index (Phi) is 4.96. The summed E-state index contributed by atoms with van der Waals surface area (Å²) >= 11 is 0. The molecule has 0 aromatic carbocycles. The van der Waals surface area contributed by atoms with Crippen LogP contribution < -0.4 is 15.4 Å². The van der Waals surface area contributed by atoms with E-state index in [1.54, 1.807) is 24.5 Å². The van der Waals surface area contributed by atoms with E-state index in [4.69, 9.17) is 4.74 Å². The molecule has 0 amide bonds. The van der Waals surface area contributed by atoms with Crippen LogP contribution >= 0.6 is 0 Å². The van der Waals surface area contributed by atoms with Crippen LogP contribution in [-0.2, 0) is 0 Å². The van der Waals surface area contributed by atoms with Gasteiger partial charge < -0.3 is 15.4 Å². The van der Waals surface area contributed by atoms with Crippen LogP contribution in [0.25, 0.3) is 17.0 Å². The number of imidazole rings is 1. The minimum absolute atomic E-state index is 0.181. The molecule has 10 heteroatoms. The molecular weight excluding hydrogens is 414 g/mol. The highest BCUT2D eigenvalue weighted by Crippen LogP contribution is 2.45.